The maximum atomic E-state index is 12.3. The minimum Gasteiger partial charge on any atom is -0.354 e. The molecule has 0 atom stereocenters. The summed E-state index contributed by atoms with van der Waals surface area (Å²) in [5.74, 6) is 0.249. The summed E-state index contributed by atoms with van der Waals surface area (Å²) in [5.41, 5.74) is 0.815. The number of nitrogens with one attached hydrogen (secondary N) is 1. The van der Waals surface area contributed by atoms with Crippen LogP contribution >= 0.6 is 11.8 Å². The Labute approximate surface area is 142 Å². The van der Waals surface area contributed by atoms with Crippen molar-refractivity contribution in [1.29, 1.82) is 0 Å². The molecule has 5 nitrogen and oxygen atoms in total. The van der Waals surface area contributed by atoms with Gasteiger partial charge in [-0.1, -0.05) is 26.0 Å². The summed E-state index contributed by atoms with van der Waals surface area (Å²) in [4.78, 5) is 29.2. The van der Waals surface area contributed by atoms with Crippen LogP contribution in [0, 0.1) is 5.41 Å². The van der Waals surface area contributed by atoms with Gasteiger partial charge >= 0.3 is 0 Å². The molecule has 1 aliphatic rings. The summed E-state index contributed by atoms with van der Waals surface area (Å²) in [6, 6.07) is 7.72. The topological polar surface area (TPSA) is 52.7 Å². The highest BCUT2D eigenvalue weighted by molar-refractivity contribution is 8.00. The van der Waals surface area contributed by atoms with E-state index in [1.54, 1.807) is 4.90 Å². The number of nitrogens with zero attached hydrogens (tertiary/aromatic N) is 2. The zero-order valence-corrected chi connectivity index (χ0v) is 15.1. The fourth-order valence-corrected chi connectivity index (χ4v) is 3.71. The molecular weight excluding hydrogens is 310 g/mol. The van der Waals surface area contributed by atoms with Crippen LogP contribution < -0.4 is 10.2 Å². The predicted octanol–water partition coefficient (Wildman–Crippen LogP) is 1.83. The van der Waals surface area contributed by atoms with E-state index < -0.39 is 0 Å². The standard InChI is InChI=1S/C17H25N3O2S/c1-17(2,12-19(3)4)11-18-15(21)9-20-13-7-5-6-8-14(13)23-10-16(20)22/h5-8H,9-12H2,1-4H3,(H,18,21). The van der Waals surface area contributed by atoms with Crippen LogP contribution in [0.5, 0.6) is 0 Å². The first kappa shape index (κ1) is 17.8. The van der Waals surface area contributed by atoms with Crippen molar-refractivity contribution < 1.29 is 9.59 Å². The van der Waals surface area contributed by atoms with Gasteiger partial charge < -0.3 is 15.1 Å². The number of rotatable bonds is 6. The van der Waals surface area contributed by atoms with Gasteiger partial charge in [-0.05, 0) is 31.6 Å². The van der Waals surface area contributed by atoms with Crippen molar-refractivity contribution in [3.8, 4) is 0 Å². The first-order valence-electron chi connectivity index (χ1n) is 7.72. The number of carbonyl (C=O) groups is 2. The fraction of sp³-hybridized carbons (Fsp3) is 0.529. The largest absolute Gasteiger partial charge is 0.354 e. The van der Waals surface area contributed by atoms with Gasteiger partial charge in [-0.3, -0.25) is 9.59 Å². The van der Waals surface area contributed by atoms with Crippen molar-refractivity contribution in [3.05, 3.63) is 24.3 Å². The van der Waals surface area contributed by atoms with Gasteiger partial charge in [0.25, 0.3) is 0 Å². The van der Waals surface area contributed by atoms with Crippen molar-refractivity contribution in [2.45, 2.75) is 18.7 Å². The van der Waals surface area contributed by atoms with E-state index >= 15 is 0 Å². The molecule has 1 aliphatic heterocycles. The molecule has 1 heterocycles. The van der Waals surface area contributed by atoms with E-state index in [1.807, 2.05) is 38.4 Å². The van der Waals surface area contributed by atoms with Gasteiger partial charge in [-0.25, -0.2) is 0 Å². The van der Waals surface area contributed by atoms with Gasteiger partial charge in [0.05, 0.1) is 11.4 Å². The normalized spacial score (nSPS) is 14.8. The van der Waals surface area contributed by atoms with Gasteiger partial charge in [0, 0.05) is 18.0 Å². The Kier molecular flexibility index (Phi) is 5.70. The lowest BCUT2D eigenvalue weighted by atomic mass is 9.93. The lowest BCUT2D eigenvalue weighted by Gasteiger charge is -2.30. The van der Waals surface area contributed by atoms with Gasteiger partial charge in [-0.2, -0.15) is 0 Å². The lowest BCUT2D eigenvalue weighted by molar-refractivity contribution is -0.123. The molecule has 0 fully saturated rings. The Morgan fingerprint density at radius 2 is 2.04 bits per heavy atom. The van der Waals surface area contributed by atoms with Gasteiger partial charge in [-0.15, -0.1) is 11.8 Å². The van der Waals surface area contributed by atoms with Crippen LogP contribution in [0.3, 0.4) is 0 Å². The van der Waals surface area contributed by atoms with Crippen LogP contribution in [-0.4, -0.2) is 56.2 Å². The molecule has 1 aromatic carbocycles. The SMILES string of the molecule is CN(C)CC(C)(C)CNC(=O)CN1C(=O)CSc2ccccc21. The van der Waals surface area contributed by atoms with Crippen molar-refractivity contribution in [2.75, 3.05) is 44.4 Å². The summed E-state index contributed by atoms with van der Waals surface area (Å²) in [6.45, 7) is 5.78. The van der Waals surface area contributed by atoms with E-state index in [1.165, 1.54) is 11.8 Å². The van der Waals surface area contributed by atoms with E-state index in [0.717, 1.165) is 17.1 Å². The number of anilines is 1. The molecule has 23 heavy (non-hydrogen) atoms. The Balaban J connectivity index is 1.96. The second kappa shape index (κ2) is 7.36. The number of benzene rings is 1. The zero-order valence-electron chi connectivity index (χ0n) is 14.3. The molecule has 0 saturated carbocycles. The molecule has 1 N–H and O–H groups in total. The molecule has 2 amide bonds. The van der Waals surface area contributed by atoms with Crippen molar-refractivity contribution in [3.63, 3.8) is 0 Å². The van der Waals surface area contributed by atoms with Crippen LogP contribution in [0.25, 0.3) is 0 Å². The molecule has 2 rings (SSSR count). The molecule has 126 valence electrons. The van der Waals surface area contributed by atoms with Crippen LogP contribution in [0.2, 0.25) is 0 Å². The summed E-state index contributed by atoms with van der Waals surface area (Å²) < 4.78 is 0. The van der Waals surface area contributed by atoms with Crippen LogP contribution in [0.4, 0.5) is 5.69 Å². The molecule has 0 radical (unpaired) electrons. The third kappa shape index (κ3) is 4.97. The number of hydrogen-bond acceptors (Lipinski definition) is 4. The quantitative estimate of drug-likeness (QED) is 0.862. The maximum absolute atomic E-state index is 12.3. The molecular formula is C17H25N3O2S. The molecule has 1 aromatic rings. The average Bonchev–Trinajstić information content (AvgIpc) is 2.47. The maximum Gasteiger partial charge on any atom is 0.240 e. The minimum absolute atomic E-state index is 0.0151. The van der Waals surface area contributed by atoms with Gasteiger partial charge in [0.1, 0.15) is 6.54 Å². The first-order chi connectivity index (χ1) is 10.8. The Bertz CT molecular complexity index is 587. The van der Waals surface area contributed by atoms with E-state index in [4.69, 9.17) is 0 Å². The monoisotopic (exact) mass is 335 g/mol. The summed E-state index contributed by atoms with van der Waals surface area (Å²) >= 11 is 1.52. The molecule has 0 saturated heterocycles. The smallest absolute Gasteiger partial charge is 0.240 e. The van der Waals surface area contributed by atoms with Crippen LogP contribution in [0.15, 0.2) is 29.2 Å². The van der Waals surface area contributed by atoms with Crippen molar-refractivity contribution >= 4 is 29.3 Å². The molecule has 0 unspecified atom stereocenters. The second-order valence-corrected chi connectivity index (χ2v) is 7.93. The first-order valence-corrected chi connectivity index (χ1v) is 8.71. The molecule has 6 heteroatoms. The Morgan fingerprint density at radius 3 is 2.74 bits per heavy atom. The molecule has 0 aromatic heterocycles. The fourth-order valence-electron chi connectivity index (χ4n) is 2.78. The highest BCUT2D eigenvalue weighted by Crippen LogP contribution is 2.34. The van der Waals surface area contributed by atoms with Gasteiger partial charge in [0.2, 0.25) is 11.8 Å². The average molecular weight is 335 g/mol. The minimum atomic E-state index is -0.119. The lowest BCUT2D eigenvalue weighted by Crippen LogP contribution is -2.46. The van der Waals surface area contributed by atoms with E-state index in [-0.39, 0.29) is 23.8 Å². The number of thioether (sulfide) groups is 1. The highest BCUT2D eigenvalue weighted by Gasteiger charge is 2.27. The number of hydrogen-bond donors (Lipinski definition) is 1. The zero-order chi connectivity index (χ0) is 17.0. The van der Waals surface area contributed by atoms with Crippen molar-refractivity contribution in [2.24, 2.45) is 5.41 Å². The predicted molar refractivity (Wildman–Crippen MR) is 94.9 cm³/mol. The number of para-hydroxylation sites is 1. The molecule has 0 spiro atoms. The van der Waals surface area contributed by atoms with Crippen molar-refractivity contribution in [1.82, 2.24) is 10.2 Å². The molecule has 0 bridgehead atoms. The van der Waals surface area contributed by atoms with Gasteiger partial charge in [0.15, 0.2) is 0 Å². The Hall–Kier alpha value is -1.53. The van der Waals surface area contributed by atoms with E-state index in [0.29, 0.717) is 12.3 Å². The second-order valence-electron chi connectivity index (χ2n) is 6.92. The van der Waals surface area contributed by atoms with E-state index in [9.17, 15) is 9.59 Å². The summed E-state index contributed by atoms with van der Waals surface area (Å²) in [6.07, 6.45) is 0. The third-order valence-electron chi connectivity index (χ3n) is 3.62. The molecule has 0 aliphatic carbocycles. The number of fused-ring (bicyclic) bond motifs is 1. The van der Waals surface area contributed by atoms with E-state index in [2.05, 4.69) is 24.1 Å². The number of carbonyl (C=O) groups excluding carboxylic acids is 2. The highest BCUT2D eigenvalue weighted by atomic mass is 32.2. The Morgan fingerprint density at radius 1 is 1.35 bits per heavy atom. The van der Waals surface area contributed by atoms with Crippen LogP contribution in [0.1, 0.15) is 13.8 Å². The van der Waals surface area contributed by atoms with Crippen LogP contribution in [-0.2, 0) is 9.59 Å². The third-order valence-corrected chi connectivity index (χ3v) is 4.67. The summed E-state index contributed by atoms with van der Waals surface area (Å²) in [7, 11) is 4.04. The number of amides is 2. The summed E-state index contributed by atoms with van der Waals surface area (Å²) in [5, 5.41) is 2.96.